The average Bonchev–Trinajstić information content (AvgIpc) is 2.87. The average molecular weight is 259 g/mol. The molecule has 0 aliphatic heterocycles. The van der Waals surface area contributed by atoms with Crippen LogP contribution >= 0.6 is 0 Å². The first-order valence-corrected chi connectivity index (χ1v) is 4.86. The van der Waals surface area contributed by atoms with E-state index in [1.54, 1.807) is 6.07 Å². The van der Waals surface area contributed by atoms with Crippen LogP contribution in [0, 0.1) is 21.4 Å². The number of rotatable bonds is 3. The monoisotopic (exact) mass is 259 g/mol. The van der Waals surface area contributed by atoms with Gasteiger partial charge in [0.15, 0.2) is 5.69 Å². The van der Waals surface area contributed by atoms with Gasteiger partial charge in [0.05, 0.1) is 4.92 Å². The van der Waals surface area contributed by atoms with Gasteiger partial charge in [-0.25, -0.2) is 14.8 Å². The molecule has 2 aromatic rings. The van der Waals surface area contributed by atoms with E-state index in [0.29, 0.717) is 0 Å². The Labute approximate surface area is 105 Å². The number of nitro groups is 1. The Morgan fingerprint density at radius 3 is 2.79 bits per heavy atom. The third-order valence-electron chi connectivity index (χ3n) is 2.23. The molecule has 2 aromatic heterocycles. The summed E-state index contributed by atoms with van der Waals surface area (Å²) in [4.78, 5) is 28.0. The number of carboxylic acid groups (broad SMARTS) is 1. The number of aromatic nitrogens is 3. The quantitative estimate of drug-likeness (QED) is 0.634. The smallest absolute Gasteiger partial charge is 0.356 e. The molecule has 19 heavy (non-hydrogen) atoms. The molecule has 0 aromatic carbocycles. The third-order valence-corrected chi connectivity index (χ3v) is 2.23. The predicted molar refractivity (Wildman–Crippen MR) is 59.7 cm³/mol. The van der Waals surface area contributed by atoms with Crippen molar-refractivity contribution in [2.45, 2.75) is 0 Å². The van der Waals surface area contributed by atoms with Gasteiger partial charge in [0, 0.05) is 12.3 Å². The van der Waals surface area contributed by atoms with E-state index in [4.69, 9.17) is 10.4 Å². The number of nitriles is 1. The van der Waals surface area contributed by atoms with Crippen LogP contribution in [-0.2, 0) is 0 Å². The Morgan fingerprint density at radius 2 is 2.26 bits per heavy atom. The van der Waals surface area contributed by atoms with Crippen molar-refractivity contribution in [2.24, 2.45) is 0 Å². The van der Waals surface area contributed by atoms with Crippen molar-refractivity contribution >= 4 is 11.7 Å². The van der Waals surface area contributed by atoms with Crippen molar-refractivity contribution in [3.8, 4) is 11.9 Å². The number of nitrogens with zero attached hydrogens (tertiary/aromatic N) is 5. The highest BCUT2D eigenvalue weighted by Gasteiger charge is 2.16. The molecular weight excluding hydrogens is 254 g/mol. The molecule has 9 nitrogen and oxygen atoms in total. The van der Waals surface area contributed by atoms with E-state index in [1.807, 2.05) is 0 Å². The van der Waals surface area contributed by atoms with E-state index in [-0.39, 0.29) is 17.2 Å². The largest absolute Gasteiger partial charge is 0.476 e. The lowest BCUT2D eigenvalue weighted by molar-refractivity contribution is -0.385. The summed E-state index contributed by atoms with van der Waals surface area (Å²) in [6.45, 7) is 0. The lowest BCUT2D eigenvalue weighted by Gasteiger charge is -2.01. The van der Waals surface area contributed by atoms with Crippen LogP contribution in [0.3, 0.4) is 0 Å². The maximum absolute atomic E-state index is 10.7. The van der Waals surface area contributed by atoms with Gasteiger partial charge in [-0.2, -0.15) is 5.26 Å². The van der Waals surface area contributed by atoms with Crippen molar-refractivity contribution < 1.29 is 14.8 Å². The minimum absolute atomic E-state index is 0.169. The van der Waals surface area contributed by atoms with Gasteiger partial charge in [0.2, 0.25) is 5.69 Å². The topological polar surface area (TPSA) is 135 Å². The molecule has 0 aliphatic carbocycles. The van der Waals surface area contributed by atoms with Gasteiger partial charge < -0.3 is 5.11 Å². The number of carbonyl (C=O) groups is 1. The van der Waals surface area contributed by atoms with Gasteiger partial charge in [-0.1, -0.05) is 0 Å². The van der Waals surface area contributed by atoms with Crippen molar-refractivity contribution in [3.05, 3.63) is 46.2 Å². The highest BCUT2D eigenvalue weighted by molar-refractivity contribution is 5.85. The number of imidazole rings is 1. The second-order valence-corrected chi connectivity index (χ2v) is 3.38. The van der Waals surface area contributed by atoms with E-state index >= 15 is 0 Å². The summed E-state index contributed by atoms with van der Waals surface area (Å²) in [7, 11) is 0. The van der Waals surface area contributed by atoms with Crippen LogP contribution in [-0.4, -0.2) is 30.5 Å². The molecule has 9 heteroatoms. The molecule has 0 spiro atoms. The van der Waals surface area contributed by atoms with Gasteiger partial charge in [0.25, 0.3) is 0 Å². The molecule has 2 rings (SSSR count). The maximum atomic E-state index is 10.7. The third kappa shape index (κ3) is 2.22. The number of hydrogen-bond acceptors (Lipinski definition) is 6. The van der Waals surface area contributed by atoms with E-state index in [2.05, 4.69) is 9.97 Å². The zero-order valence-corrected chi connectivity index (χ0v) is 9.22. The second kappa shape index (κ2) is 4.53. The highest BCUT2D eigenvalue weighted by Crippen LogP contribution is 2.17. The molecule has 0 bridgehead atoms. The van der Waals surface area contributed by atoms with Crippen molar-refractivity contribution in [2.75, 3.05) is 0 Å². The lowest BCUT2D eigenvalue weighted by atomic mass is 10.3. The molecular formula is C10H5N5O4. The summed E-state index contributed by atoms with van der Waals surface area (Å²) in [6, 6.07) is 4.04. The summed E-state index contributed by atoms with van der Waals surface area (Å²) in [5, 5.41) is 28.2. The van der Waals surface area contributed by atoms with Gasteiger partial charge in [-0.15, -0.1) is 0 Å². The van der Waals surface area contributed by atoms with E-state index < -0.39 is 16.6 Å². The van der Waals surface area contributed by atoms with Gasteiger partial charge in [0.1, 0.15) is 18.2 Å². The Balaban J connectivity index is 2.49. The normalized spacial score (nSPS) is 9.84. The highest BCUT2D eigenvalue weighted by atomic mass is 16.6. The summed E-state index contributed by atoms with van der Waals surface area (Å²) in [6.07, 6.45) is 2.39. The lowest BCUT2D eigenvalue weighted by Crippen LogP contribution is -2.01. The minimum Gasteiger partial charge on any atom is -0.476 e. The van der Waals surface area contributed by atoms with E-state index in [9.17, 15) is 14.9 Å². The zero-order chi connectivity index (χ0) is 14.0. The van der Waals surface area contributed by atoms with Gasteiger partial charge in [-0.3, -0.25) is 14.7 Å². The summed E-state index contributed by atoms with van der Waals surface area (Å²) < 4.78 is 1.26. The standard InChI is InChI=1S/C10H5N5O4/c11-3-6-8(15(18)19)1-2-9(13-6)14-4-7(10(16)17)12-5-14/h1-2,4-5H,(H,16,17). The molecule has 0 fully saturated rings. The van der Waals surface area contributed by atoms with Crippen molar-refractivity contribution in [3.63, 3.8) is 0 Å². The van der Waals surface area contributed by atoms with E-state index in [1.165, 1.54) is 23.2 Å². The number of aromatic carboxylic acids is 1. The SMILES string of the molecule is N#Cc1nc(-n2cnc(C(=O)O)c2)ccc1[N+](=O)[O-]. The van der Waals surface area contributed by atoms with Gasteiger partial charge >= 0.3 is 11.7 Å². The molecule has 2 heterocycles. The zero-order valence-electron chi connectivity index (χ0n) is 9.22. The molecule has 0 unspecified atom stereocenters. The Morgan fingerprint density at radius 1 is 1.53 bits per heavy atom. The van der Waals surface area contributed by atoms with Crippen LogP contribution in [0.25, 0.3) is 5.82 Å². The summed E-state index contributed by atoms with van der Waals surface area (Å²) in [5.74, 6) is -1.04. The van der Waals surface area contributed by atoms with Crippen LogP contribution in [0.4, 0.5) is 5.69 Å². The number of carboxylic acids is 1. The van der Waals surface area contributed by atoms with Gasteiger partial charge in [-0.05, 0) is 6.07 Å². The molecule has 0 radical (unpaired) electrons. The summed E-state index contributed by atoms with van der Waals surface area (Å²) >= 11 is 0. The summed E-state index contributed by atoms with van der Waals surface area (Å²) in [5.41, 5.74) is -0.962. The number of pyridine rings is 1. The Hall–Kier alpha value is -3.28. The second-order valence-electron chi connectivity index (χ2n) is 3.38. The van der Waals surface area contributed by atoms with E-state index in [0.717, 1.165) is 6.07 Å². The van der Waals surface area contributed by atoms with Crippen LogP contribution in [0.1, 0.15) is 16.2 Å². The van der Waals surface area contributed by atoms with Crippen LogP contribution in [0.2, 0.25) is 0 Å². The van der Waals surface area contributed by atoms with Crippen LogP contribution < -0.4 is 0 Å². The molecule has 94 valence electrons. The first-order valence-electron chi connectivity index (χ1n) is 4.86. The Bertz CT molecular complexity index is 715. The number of hydrogen-bond donors (Lipinski definition) is 1. The van der Waals surface area contributed by atoms with Crippen LogP contribution in [0.15, 0.2) is 24.7 Å². The molecule has 1 N–H and O–H groups in total. The molecule has 0 aliphatic rings. The molecule has 0 amide bonds. The fraction of sp³-hybridized carbons (Fsp3) is 0. The first-order chi connectivity index (χ1) is 9.02. The fourth-order valence-corrected chi connectivity index (χ4v) is 1.37. The van der Waals surface area contributed by atoms with Crippen molar-refractivity contribution in [1.82, 2.24) is 14.5 Å². The van der Waals surface area contributed by atoms with Crippen molar-refractivity contribution in [1.29, 1.82) is 5.26 Å². The molecule has 0 saturated carbocycles. The first kappa shape index (κ1) is 12.2. The fourth-order valence-electron chi connectivity index (χ4n) is 1.37. The Kier molecular flexibility index (Phi) is 2.91. The predicted octanol–water partition coefficient (Wildman–Crippen LogP) is 0.745. The maximum Gasteiger partial charge on any atom is 0.356 e. The van der Waals surface area contributed by atoms with Crippen LogP contribution in [0.5, 0.6) is 0 Å². The molecule has 0 atom stereocenters. The minimum atomic E-state index is -1.21. The molecule has 0 saturated heterocycles.